The van der Waals surface area contributed by atoms with E-state index in [-0.39, 0.29) is 17.6 Å². The lowest BCUT2D eigenvalue weighted by atomic mass is 9.91. The fourth-order valence-electron chi connectivity index (χ4n) is 2.45. The van der Waals surface area contributed by atoms with Crippen LogP contribution in [0.1, 0.15) is 36.8 Å². The number of benzene rings is 1. The quantitative estimate of drug-likeness (QED) is 0.838. The zero-order valence-corrected chi connectivity index (χ0v) is 11.1. The molecule has 6 nitrogen and oxygen atoms in total. The molecule has 1 aromatic rings. The molecule has 2 heterocycles. The minimum absolute atomic E-state index is 0.0687. The van der Waals surface area contributed by atoms with Crippen LogP contribution >= 0.6 is 0 Å². The second-order valence-corrected chi connectivity index (χ2v) is 4.96. The van der Waals surface area contributed by atoms with Gasteiger partial charge in [-0.15, -0.1) is 0 Å². The van der Waals surface area contributed by atoms with Crippen molar-refractivity contribution in [1.82, 2.24) is 10.9 Å². The Morgan fingerprint density at radius 1 is 1.40 bits per heavy atom. The Labute approximate surface area is 116 Å². The second kappa shape index (κ2) is 5.05. The van der Waals surface area contributed by atoms with Crippen LogP contribution in [0.4, 0.5) is 0 Å². The molecule has 6 heteroatoms. The summed E-state index contributed by atoms with van der Waals surface area (Å²) in [4.78, 5) is 28.2. The number of nitrogens with one attached hydrogen (secondary N) is 2. The Morgan fingerprint density at radius 3 is 2.95 bits per heavy atom. The molecular weight excluding hydrogens is 258 g/mol. The summed E-state index contributed by atoms with van der Waals surface area (Å²) in [6.45, 7) is 2.04. The lowest BCUT2D eigenvalue weighted by Crippen LogP contribution is -2.34. The summed E-state index contributed by atoms with van der Waals surface area (Å²) in [7, 11) is 0. The van der Waals surface area contributed by atoms with Crippen LogP contribution in [0.25, 0.3) is 0 Å². The van der Waals surface area contributed by atoms with E-state index >= 15 is 0 Å². The van der Waals surface area contributed by atoms with E-state index in [2.05, 4.69) is 16.0 Å². The van der Waals surface area contributed by atoms with E-state index in [1.54, 1.807) is 6.92 Å². The summed E-state index contributed by atoms with van der Waals surface area (Å²) in [6.07, 6.45) is 1.04. The first kappa shape index (κ1) is 12.8. The molecule has 2 N–H and O–H groups in total. The number of hydrazone groups is 1. The van der Waals surface area contributed by atoms with Gasteiger partial charge in [0.15, 0.2) is 5.75 Å². The summed E-state index contributed by atoms with van der Waals surface area (Å²) in [6, 6.07) is 5.64. The standard InChI is InChI=1S/C14H15N3O3/c1-8(18)11-7-15-20-13-4-2-9(6-10(11)13)12-3-5-14(19)17-16-12/h2,4,6,11,15H,3,5,7H2,1H3,(H,17,19). The summed E-state index contributed by atoms with van der Waals surface area (Å²) < 4.78 is 0. The van der Waals surface area contributed by atoms with E-state index in [1.165, 1.54) is 0 Å². The van der Waals surface area contributed by atoms with Gasteiger partial charge in [0.1, 0.15) is 5.78 Å². The van der Waals surface area contributed by atoms with Gasteiger partial charge in [-0.05, 0) is 30.7 Å². The third kappa shape index (κ3) is 2.30. The smallest absolute Gasteiger partial charge is 0.240 e. The first-order valence-corrected chi connectivity index (χ1v) is 6.55. The molecule has 0 aliphatic carbocycles. The number of carbonyl (C=O) groups excluding carboxylic acids is 2. The van der Waals surface area contributed by atoms with Crippen LogP contribution < -0.4 is 15.7 Å². The molecule has 0 bridgehead atoms. The van der Waals surface area contributed by atoms with Gasteiger partial charge < -0.3 is 4.84 Å². The van der Waals surface area contributed by atoms with Crippen molar-refractivity contribution in [3.8, 4) is 5.75 Å². The van der Waals surface area contributed by atoms with Crippen molar-refractivity contribution >= 4 is 17.4 Å². The monoisotopic (exact) mass is 273 g/mol. The van der Waals surface area contributed by atoms with E-state index in [1.807, 2.05) is 18.2 Å². The molecule has 0 radical (unpaired) electrons. The SMILES string of the molecule is CC(=O)C1CNOc2ccc(C3=NNC(=O)CC3)cc21. The van der Waals surface area contributed by atoms with Crippen LogP contribution in [-0.4, -0.2) is 23.9 Å². The van der Waals surface area contributed by atoms with Gasteiger partial charge in [0.2, 0.25) is 5.91 Å². The lowest BCUT2D eigenvalue weighted by molar-refractivity contribution is -0.121. The molecular formula is C14H15N3O3. The molecule has 104 valence electrons. The van der Waals surface area contributed by atoms with Crippen LogP contribution in [-0.2, 0) is 9.59 Å². The van der Waals surface area contributed by atoms with Gasteiger partial charge in [-0.25, -0.2) is 5.43 Å². The van der Waals surface area contributed by atoms with Crippen LogP contribution in [0, 0.1) is 0 Å². The molecule has 0 aromatic heterocycles. The summed E-state index contributed by atoms with van der Waals surface area (Å²) in [5, 5.41) is 4.08. The van der Waals surface area contributed by atoms with Crippen molar-refractivity contribution in [3.63, 3.8) is 0 Å². The van der Waals surface area contributed by atoms with Crippen molar-refractivity contribution in [2.45, 2.75) is 25.7 Å². The van der Waals surface area contributed by atoms with Crippen molar-refractivity contribution < 1.29 is 14.4 Å². The average molecular weight is 273 g/mol. The summed E-state index contributed by atoms with van der Waals surface area (Å²) >= 11 is 0. The number of Topliss-reactive ketones (excluding diaryl/α,β-unsaturated/α-hetero) is 1. The largest absolute Gasteiger partial charge is 0.408 e. The predicted molar refractivity (Wildman–Crippen MR) is 72.4 cm³/mol. The van der Waals surface area contributed by atoms with Crippen LogP contribution in [0.3, 0.4) is 0 Å². The second-order valence-electron chi connectivity index (χ2n) is 4.96. The van der Waals surface area contributed by atoms with Crippen LogP contribution in [0.2, 0.25) is 0 Å². The zero-order chi connectivity index (χ0) is 14.1. The highest BCUT2D eigenvalue weighted by molar-refractivity contribution is 6.04. The molecule has 0 saturated carbocycles. The molecule has 1 amide bonds. The summed E-state index contributed by atoms with van der Waals surface area (Å²) in [5.41, 5.74) is 7.87. The maximum atomic E-state index is 11.7. The number of rotatable bonds is 2. The zero-order valence-electron chi connectivity index (χ0n) is 11.1. The van der Waals surface area contributed by atoms with E-state index in [0.29, 0.717) is 25.1 Å². The van der Waals surface area contributed by atoms with Gasteiger partial charge in [-0.1, -0.05) is 0 Å². The number of hydrogen-bond donors (Lipinski definition) is 2. The number of ketones is 1. The molecule has 0 spiro atoms. The highest BCUT2D eigenvalue weighted by Gasteiger charge is 2.26. The number of hydrogen-bond acceptors (Lipinski definition) is 5. The van der Waals surface area contributed by atoms with E-state index < -0.39 is 0 Å². The third-order valence-electron chi connectivity index (χ3n) is 3.58. The van der Waals surface area contributed by atoms with Crippen molar-refractivity contribution in [3.05, 3.63) is 29.3 Å². The van der Waals surface area contributed by atoms with E-state index in [4.69, 9.17) is 4.84 Å². The minimum atomic E-state index is -0.211. The number of fused-ring (bicyclic) bond motifs is 1. The number of hydroxylamine groups is 1. The number of amides is 1. The molecule has 2 aliphatic heterocycles. The Hall–Kier alpha value is -2.21. The average Bonchev–Trinajstić information content (AvgIpc) is 2.46. The Morgan fingerprint density at radius 2 is 2.25 bits per heavy atom. The van der Waals surface area contributed by atoms with Gasteiger partial charge in [0.05, 0.1) is 11.6 Å². The fraction of sp³-hybridized carbons (Fsp3) is 0.357. The molecule has 2 aliphatic rings. The highest BCUT2D eigenvalue weighted by atomic mass is 16.6. The first-order valence-electron chi connectivity index (χ1n) is 6.55. The van der Waals surface area contributed by atoms with Gasteiger partial charge >= 0.3 is 0 Å². The molecule has 1 atom stereocenters. The fourth-order valence-corrected chi connectivity index (χ4v) is 2.45. The van der Waals surface area contributed by atoms with Gasteiger partial charge in [-0.3, -0.25) is 9.59 Å². The van der Waals surface area contributed by atoms with E-state index in [0.717, 1.165) is 16.8 Å². The maximum absolute atomic E-state index is 11.7. The minimum Gasteiger partial charge on any atom is -0.408 e. The Bertz CT molecular complexity index is 610. The Kier molecular flexibility index (Phi) is 3.23. The topological polar surface area (TPSA) is 79.8 Å². The highest BCUT2D eigenvalue weighted by Crippen LogP contribution is 2.31. The maximum Gasteiger partial charge on any atom is 0.240 e. The van der Waals surface area contributed by atoms with Crippen molar-refractivity contribution in [1.29, 1.82) is 0 Å². The summed E-state index contributed by atoms with van der Waals surface area (Å²) in [5.74, 6) is 0.483. The van der Waals surface area contributed by atoms with Crippen molar-refractivity contribution in [2.75, 3.05) is 6.54 Å². The Balaban J connectivity index is 1.97. The van der Waals surface area contributed by atoms with Gasteiger partial charge in [-0.2, -0.15) is 10.6 Å². The molecule has 3 rings (SSSR count). The van der Waals surface area contributed by atoms with Crippen molar-refractivity contribution in [2.24, 2.45) is 5.10 Å². The molecule has 1 aromatic carbocycles. The van der Waals surface area contributed by atoms with Gasteiger partial charge in [0, 0.05) is 24.9 Å². The van der Waals surface area contributed by atoms with Crippen LogP contribution in [0.5, 0.6) is 5.75 Å². The first-order chi connectivity index (χ1) is 9.65. The van der Waals surface area contributed by atoms with Gasteiger partial charge in [0.25, 0.3) is 0 Å². The normalized spacial score (nSPS) is 21.4. The number of carbonyl (C=O) groups is 2. The van der Waals surface area contributed by atoms with Crippen LogP contribution in [0.15, 0.2) is 23.3 Å². The molecule has 20 heavy (non-hydrogen) atoms. The predicted octanol–water partition coefficient (Wildman–Crippen LogP) is 0.870. The molecule has 0 fully saturated rings. The third-order valence-corrected chi connectivity index (χ3v) is 3.58. The molecule has 1 unspecified atom stereocenters. The van der Waals surface area contributed by atoms with E-state index in [9.17, 15) is 9.59 Å². The lowest BCUT2D eigenvalue weighted by Gasteiger charge is -2.25. The number of nitrogens with zero attached hydrogens (tertiary/aromatic N) is 1. The molecule has 0 saturated heterocycles.